The number of furan rings is 1. The molecule has 0 saturated heterocycles. The van der Waals surface area contributed by atoms with E-state index in [1.54, 1.807) is 25.0 Å². The van der Waals surface area contributed by atoms with E-state index in [0.29, 0.717) is 28.3 Å². The van der Waals surface area contributed by atoms with Crippen LogP contribution < -0.4 is 15.0 Å². The van der Waals surface area contributed by atoms with Gasteiger partial charge in [-0.15, -0.1) is 0 Å². The molecule has 1 fully saturated rings. The van der Waals surface area contributed by atoms with Crippen LogP contribution in [0.15, 0.2) is 59.2 Å². The van der Waals surface area contributed by atoms with Crippen LogP contribution in [0.1, 0.15) is 64.5 Å². The number of amides is 2. The Balaban J connectivity index is 1.85. The number of nitrogens with zero attached hydrogens (tertiary/aromatic N) is 1. The van der Waals surface area contributed by atoms with Gasteiger partial charge in [-0.2, -0.15) is 0 Å². The van der Waals surface area contributed by atoms with Gasteiger partial charge in [-0.05, 0) is 80.6 Å². The third kappa shape index (κ3) is 5.01. The maximum Gasteiger partial charge on any atom is 0.262 e. The summed E-state index contributed by atoms with van der Waals surface area (Å²) in [4.78, 5) is 29.4. The summed E-state index contributed by atoms with van der Waals surface area (Å²) in [5.41, 5.74) is 3.85. The first-order valence-electron chi connectivity index (χ1n) is 11.8. The molecule has 0 aliphatic heterocycles. The van der Waals surface area contributed by atoms with Gasteiger partial charge < -0.3 is 14.5 Å². The zero-order chi connectivity index (χ0) is 24.2. The molecule has 0 bridgehead atoms. The normalized spacial score (nSPS) is 14.6. The summed E-state index contributed by atoms with van der Waals surface area (Å²) in [6.45, 7) is 5.74. The van der Waals surface area contributed by atoms with Gasteiger partial charge in [-0.25, -0.2) is 0 Å². The number of hydrogen-bond acceptors (Lipinski definition) is 4. The lowest BCUT2D eigenvalue weighted by atomic mass is 10.00. The second-order valence-corrected chi connectivity index (χ2v) is 9.08. The largest absolute Gasteiger partial charge is 0.497 e. The molecule has 1 heterocycles. The highest BCUT2D eigenvalue weighted by atomic mass is 16.5. The Labute approximate surface area is 200 Å². The van der Waals surface area contributed by atoms with E-state index < -0.39 is 6.04 Å². The number of aryl methyl sites for hydroxylation is 3. The molecule has 1 N–H and O–H groups in total. The summed E-state index contributed by atoms with van der Waals surface area (Å²) < 4.78 is 10.8. The Bertz CT molecular complexity index is 1140. The lowest BCUT2D eigenvalue weighted by molar-refractivity contribution is -0.123. The molecule has 2 amide bonds. The molecule has 1 atom stereocenters. The second kappa shape index (κ2) is 10.2. The molecule has 1 aromatic heterocycles. The summed E-state index contributed by atoms with van der Waals surface area (Å²) in [6.07, 6.45) is 5.63. The van der Waals surface area contributed by atoms with E-state index in [1.165, 1.54) is 6.26 Å². The highest BCUT2D eigenvalue weighted by Gasteiger charge is 2.36. The van der Waals surface area contributed by atoms with Crippen molar-refractivity contribution in [2.24, 2.45) is 0 Å². The summed E-state index contributed by atoms with van der Waals surface area (Å²) in [5.74, 6) is 0.738. The molecule has 0 unspecified atom stereocenters. The van der Waals surface area contributed by atoms with Crippen molar-refractivity contribution in [2.45, 2.75) is 58.5 Å². The molecule has 0 spiro atoms. The summed E-state index contributed by atoms with van der Waals surface area (Å²) in [5, 5.41) is 3.21. The van der Waals surface area contributed by atoms with Gasteiger partial charge in [-0.1, -0.05) is 31.0 Å². The van der Waals surface area contributed by atoms with Gasteiger partial charge in [0.1, 0.15) is 17.6 Å². The van der Waals surface area contributed by atoms with Gasteiger partial charge >= 0.3 is 0 Å². The predicted octanol–water partition coefficient (Wildman–Crippen LogP) is 5.66. The number of ether oxygens (including phenoxy) is 1. The molecular formula is C28H32N2O4. The van der Waals surface area contributed by atoms with Crippen molar-refractivity contribution >= 4 is 17.5 Å². The number of carbonyl (C=O) groups is 2. The minimum Gasteiger partial charge on any atom is -0.497 e. The van der Waals surface area contributed by atoms with E-state index in [4.69, 9.17) is 9.15 Å². The fourth-order valence-corrected chi connectivity index (χ4v) is 4.76. The van der Waals surface area contributed by atoms with E-state index >= 15 is 0 Å². The summed E-state index contributed by atoms with van der Waals surface area (Å²) >= 11 is 0. The molecule has 1 aliphatic rings. The van der Waals surface area contributed by atoms with E-state index in [1.807, 2.05) is 50.2 Å². The van der Waals surface area contributed by atoms with Gasteiger partial charge in [0.05, 0.1) is 18.9 Å². The Kier molecular flexibility index (Phi) is 7.06. The smallest absolute Gasteiger partial charge is 0.262 e. The lowest BCUT2D eigenvalue weighted by Gasteiger charge is -2.33. The Morgan fingerprint density at radius 1 is 1.00 bits per heavy atom. The second-order valence-electron chi connectivity index (χ2n) is 9.08. The summed E-state index contributed by atoms with van der Waals surface area (Å²) in [6, 6.07) is 14.2. The predicted molar refractivity (Wildman–Crippen MR) is 132 cm³/mol. The van der Waals surface area contributed by atoms with Crippen molar-refractivity contribution in [3.8, 4) is 5.75 Å². The van der Waals surface area contributed by atoms with Crippen LogP contribution in [0.3, 0.4) is 0 Å². The van der Waals surface area contributed by atoms with Crippen LogP contribution in [0.5, 0.6) is 5.75 Å². The highest BCUT2D eigenvalue weighted by Crippen LogP contribution is 2.33. The Morgan fingerprint density at radius 2 is 1.65 bits per heavy atom. The number of methoxy groups -OCH3 is 1. The van der Waals surface area contributed by atoms with Gasteiger partial charge in [0.25, 0.3) is 5.91 Å². The third-order valence-corrected chi connectivity index (χ3v) is 6.43. The van der Waals surface area contributed by atoms with Gasteiger partial charge in [-0.3, -0.25) is 14.5 Å². The molecule has 1 saturated carbocycles. The molecule has 2 aromatic carbocycles. The van der Waals surface area contributed by atoms with Crippen LogP contribution in [-0.4, -0.2) is 25.0 Å². The average Bonchev–Trinajstić information content (AvgIpc) is 3.48. The molecule has 0 radical (unpaired) electrons. The number of carbonyl (C=O) groups excluding carboxylic acids is 2. The maximum absolute atomic E-state index is 14.0. The minimum absolute atomic E-state index is 0.125. The molecular weight excluding hydrogens is 428 g/mol. The lowest BCUT2D eigenvalue weighted by Crippen LogP contribution is -2.46. The highest BCUT2D eigenvalue weighted by molar-refractivity contribution is 6.10. The molecule has 1 aliphatic carbocycles. The van der Waals surface area contributed by atoms with Crippen molar-refractivity contribution in [3.05, 3.63) is 82.8 Å². The molecule has 3 aromatic rings. The van der Waals surface area contributed by atoms with Gasteiger partial charge in [0.2, 0.25) is 5.91 Å². The van der Waals surface area contributed by atoms with Crippen LogP contribution in [0.4, 0.5) is 5.69 Å². The zero-order valence-corrected chi connectivity index (χ0v) is 20.3. The fraction of sp³-hybridized carbons (Fsp3) is 0.357. The number of rotatable bonds is 7. The quantitative estimate of drug-likeness (QED) is 0.494. The van der Waals surface area contributed by atoms with Crippen LogP contribution in [0, 0.1) is 20.8 Å². The Morgan fingerprint density at radius 3 is 2.21 bits per heavy atom. The Hall–Kier alpha value is -3.54. The number of benzene rings is 2. The molecule has 34 heavy (non-hydrogen) atoms. The van der Waals surface area contributed by atoms with Gasteiger partial charge in [0.15, 0.2) is 0 Å². The molecule has 178 valence electrons. The molecule has 4 rings (SSSR count). The first-order chi connectivity index (χ1) is 16.4. The SMILES string of the molecule is COc1ccc([C@H](C(=O)NC2CCCC2)N(C(=O)c2ccoc2C)c2cc(C)cc(C)c2)cc1. The number of nitrogens with one attached hydrogen (secondary N) is 1. The minimum atomic E-state index is -0.852. The summed E-state index contributed by atoms with van der Waals surface area (Å²) in [7, 11) is 1.60. The number of anilines is 1. The van der Waals surface area contributed by atoms with Crippen molar-refractivity contribution in [1.82, 2.24) is 5.32 Å². The number of hydrogen-bond donors (Lipinski definition) is 1. The van der Waals surface area contributed by atoms with Crippen molar-refractivity contribution < 1.29 is 18.7 Å². The van der Waals surface area contributed by atoms with E-state index in [2.05, 4.69) is 11.4 Å². The van der Waals surface area contributed by atoms with Crippen molar-refractivity contribution in [1.29, 1.82) is 0 Å². The molecule has 6 nitrogen and oxygen atoms in total. The van der Waals surface area contributed by atoms with E-state index in [-0.39, 0.29) is 17.9 Å². The first kappa shape index (κ1) is 23.6. The van der Waals surface area contributed by atoms with Crippen LogP contribution in [-0.2, 0) is 4.79 Å². The zero-order valence-electron chi connectivity index (χ0n) is 20.3. The standard InChI is InChI=1S/C28H32N2O4/c1-18-15-19(2)17-23(16-18)30(28(32)25-13-14-34-20(25)3)26(21-9-11-24(33-4)12-10-21)27(31)29-22-7-5-6-8-22/h9-17,22,26H,5-8H2,1-4H3,(H,29,31)/t26-/m1/s1. The van der Waals surface area contributed by atoms with E-state index in [9.17, 15) is 9.59 Å². The molecule has 6 heteroatoms. The van der Waals surface area contributed by atoms with Crippen molar-refractivity contribution in [2.75, 3.05) is 12.0 Å². The third-order valence-electron chi connectivity index (χ3n) is 6.43. The van der Waals surface area contributed by atoms with Crippen molar-refractivity contribution in [3.63, 3.8) is 0 Å². The topological polar surface area (TPSA) is 71.8 Å². The fourth-order valence-electron chi connectivity index (χ4n) is 4.76. The van der Waals surface area contributed by atoms with Crippen LogP contribution in [0.25, 0.3) is 0 Å². The monoisotopic (exact) mass is 460 g/mol. The maximum atomic E-state index is 14.0. The first-order valence-corrected chi connectivity index (χ1v) is 11.8. The van der Waals surface area contributed by atoms with Crippen LogP contribution in [0.2, 0.25) is 0 Å². The van der Waals surface area contributed by atoms with Crippen LogP contribution >= 0.6 is 0 Å². The average molecular weight is 461 g/mol. The van der Waals surface area contributed by atoms with E-state index in [0.717, 1.165) is 36.8 Å². The van der Waals surface area contributed by atoms with Gasteiger partial charge in [0, 0.05) is 11.7 Å².